The molecule has 6 heteroatoms. The second-order valence-corrected chi connectivity index (χ2v) is 9.38. The van der Waals surface area contributed by atoms with Crippen molar-refractivity contribution >= 4 is 15.9 Å². The molecule has 5 nitrogen and oxygen atoms in total. The van der Waals surface area contributed by atoms with Gasteiger partial charge in [-0.25, -0.2) is 8.42 Å². The van der Waals surface area contributed by atoms with Gasteiger partial charge in [-0.05, 0) is 57.4 Å². The maximum Gasteiger partial charge on any atom is 0.251 e. The zero-order valence-electron chi connectivity index (χ0n) is 16.5. The number of nitrogens with one attached hydrogen (secondary N) is 1. The summed E-state index contributed by atoms with van der Waals surface area (Å²) in [6.07, 6.45) is 3.32. The van der Waals surface area contributed by atoms with Crippen LogP contribution < -0.4 is 5.32 Å². The lowest BCUT2D eigenvalue weighted by molar-refractivity contribution is 0.0949. The van der Waals surface area contributed by atoms with Crippen LogP contribution in [0.25, 0.3) is 0 Å². The van der Waals surface area contributed by atoms with E-state index < -0.39 is 10.0 Å². The van der Waals surface area contributed by atoms with Crippen LogP contribution in [-0.4, -0.2) is 37.8 Å². The van der Waals surface area contributed by atoms with Gasteiger partial charge in [0.05, 0.1) is 4.90 Å². The van der Waals surface area contributed by atoms with Crippen molar-refractivity contribution in [2.24, 2.45) is 0 Å². The van der Waals surface area contributed by atoms with Gasteiger partial charge in [0, 0.05) is 24.7 Å². The Kier molecular flexibility index (Phi) is 6.52. The average Bonchev–Trinajstić information content (AvgIpc) is 2.69. The molecule has 1 atom stereocenters. The molecule has 2 aromatic carbocycles. The van der Waals surface area contributed by atoms with Gasteiger partial charge < -0.3 is 5.32 Å². The maximum atomic E-state index is 13.1. The number of carbonyl (C=O) groups excluding carboxylic acids is 1. The summed E-state index contributed by atoms with van der Waals surface area (Å²) in [6, 6.07) is 14.3. The van der Waals surface area contributed by atoms with Crippen molar-refractivity contribution in [3.05, 3.63) is 65.2 Å². The first kappa shape index (κ1) is 20.6. The molecular weight excluding hydrogens is 372 g/mol. The van der Waals surface area contributed by atoms with Gasteiger partial charge in [-0.1, -0.05) is 41.8 Å². The zero-order valence-corrected chi connectivity index (χ0v) is 17.3. The molecule has 0 bridgehead atoms. The number of sulfonamides is 1. The summed E-state index contributed by atoms with van der Waals surface area (Å²) in [5.41, 5.74) is 2.77. The van der Waals surface area contributed by atoms with Crippen molar-refractivity contribution in [1.82, 2.24) is 9.62 Å². The van der Waals surface area contributed by atoms with E-state index in [0.29, 0.717) is 30.0 Å². The molecule has 0 radical (unpaired) electrons. The minimum atomic E-state index is -3.51. The van der Waals surface area contributed by atoms with Crippen LogP contribution in [0.3, 0.4) is 0 Å². The zero-order chi connectivity index (χ0) is 20.1. The van der Waals surface area contributed by atoms with Gasteiger partial charge in [0.25, 0.3) is 5.91 Å². The highest BCUT2D eigenvalue weighted by Crippen LogP contribution is 2.27. The Morgan fingerprint density at radius 2 is 1.61 bits per heavy atom. The molecule has 1 aliphatic heterocycles. The van der Waals surface area contributed by atoms with E-state index in [1.807, 2.05) is 38.1 Å². The Balaban J connectivity index is 1.64. The van der Waals surface area contributed by atoms with Crippen LogP contribution in [0.5, 0.6) is 0 Å². The molecule has 1 heterocycles. The van der Waals surface area contributed by atoms with E-state index in [9.17, 15) is 13.2 Å². The lowest BCUT2D eigenvalue weighted by Crippen LogP contribution is -2.45. The summed E-state index contributed by atoms with van der Waals surface area (Å²) in [5, 5.41) is 2.92. The third-order valence-corrected chi connectivity index (χ3v) is 7.24. The number of amides is 1. The highest BCUT2D eigenvalue weighted by molar-refractivity contribution is 7.89. The maximum absolute atomic E-state index is 13.1. The molecule has 1 fully saturated rings. The van der Waals surface area contributed by atoms with Crippen molar-refractivity contribution in [3.63, 3.8) is 0 Å². The second-order valence-electron chi connectivity index (χ2n) is 7.49. The quantitative estimate of drug-likeness (QED) is 0.805. The monoisotopic (exact) mass is 400 g/mol. The number of rotatable bonds is 6. The van der Waals surface area contributed by atoms with E-state index in [0.717, 1.165) is 30.4 Å². The molecule has 0 saturated carbocycles. The van der Waals surface area contributed by atoms with Crippen LogP contribution in [0.2, 0.25) is 0 Å². The molecule has 1 aliphatic rings. The number of nitrogens with zero attached hydrogens (tertiary/aromatic N) is 1. The van der Waals surface area contributed by atoms with E-state index in [4.69, 9.17) is 0 Å². The molecule has 0 aromatic heterocycles. The number of carbonyl (C=O) groups is 1. The Morgan fingerprint density at radius 1 is 1.00 bits per heavy atom. The topological polar surface area (TPSA) is 66.5 Å². The molecule has 1 N–H and O–H groups in total. The normalized spacial score (nSPS) is 18.0. The summed E-state index contributed by atoms with van der Waals surface area (Å²) in [5.74, 6) is -0.122. The lowest BCUT2D eigenvalue weighted by Gasteiger charge is -2.34. The predicted molar refractivity (Wildman–Crippen MR) is 111 cm³/mol. The third kappa shape index (κ3) is 4.80. The van der Waals surface area contributed by atoms with E-state index in [2.05, 4.69) is 5.32 Å². The molecule has 1 saturated heterocycles. The van der Waals surface area contributed by atoms with Gasteiger partial charge in [-0.15, -0.1) is 0 Å². The molecule has 2 aromatic rings. The van der Waals surface area contributed by atoms with Crippen molar-refractivity contribution in [1.29, 1.82) is 0 Å². The summed E-state index contributed by atoms with van der Waals surface area (Å²) in [7, 11) is -3.51. The number of hydrogen-bond acceptors (Lipinski definition) is 3. The van der Waals surface area contributed by atoms with Crippen LogP contribution in [0.15, 0.2) is 53.4 Å². The Morgan fingerprint density at radius 3 is 2.25 bits per heavy atom. The van der Waals surface area contributed by atoms with Crippen LogP contribution in [-0.2, 0) is 10.0 Å². The Bertz CT molecular complexity index is 906. The summed E-state index contributed by atoms with van der Waals surface area (Å²) >= 11 is 0. The van der Waals surface area contributed by atoms with Gasteiger partial charge in [0.1, 0.15) is 0 Å². The molecule has 0 spiro atoms. The molecule has 1 amide bonds. The fourth-order valence-electron chi connectivity index (χ4n) is 3.58. The SMILES string of the molecule is Cc1ccc(C(=O)NCCC2CCCCN2S(=O)(=O)c2ccc(C)cc2)cc1. The Labute approximate surface area is 167 Å². The first-order chi connectivity index (χ1) is 13.4. The summed E-state index contributed by atoms with van der Waals surface area (Å²) in [6.45, 7) is 4.91. The minimum Gasteiger partial charge on any atom is -0.352 e. The van der Waals surface area contributed by atoms with Crippen LogP contribution in [0, 0.1) is 13.8 Å². The van der Waals surface area contributed by atoms with Crippen LogP contribution in [0.4, 0.5) is 0 Å². The van der Waals surface area contributed by atoms with Gasteiger partial charge in [0.15, 0.2) is 0 Å². The van der Waals surface area contributed by atoms with Gasteiger partial charge >= 0.3 is 0 Å². The van der Waals surface area contributed by atoms with Crippen LogP contribution in [0.1, 0.15) is 47.2 Å². The minimum absolute atomic E-state index is 0.0848. The molecule has 0 aliphatic carbocycles. The average molecular weight is 401 g/mol. The first-order valence-corrected chi connectivity index (χ1v) is 11.3. The first-order valence-electron chi connectivity index (χ1n) is 9.81. The van der Waals surface area contributed by atoms with Gasteiger partial charge in [-0.3, -0.25) is 4.79 Å². The molecule has 150 valence electrons. The third-order valence-electron chi connectivity index (χ3n) is 5.28. The summed E-state index contributed by atoms with van der Waals surface area (Å²) < 4.78 is 27.8. The predicted octanol–water partition coefficient (Wildman–Crippen LogP) is 3.67. The fraction of sp³-hybridized carbons (Fsp3) is 0.409. The number of benzene rings is 2. The molecular formula is C22H28N2O3S. The highest BCUT2D eigenvalue weighted by atomic mass is 32.2. The van der Waals surface area contributed by atoms with Crippen LogP contribution >= 0.6 is 0 Å². The summed E-state index contributed by atoms with van der Waals surface area (Å²) in [4.78, 5) is 12.6. The second kappa shape index (κ2) is 8.88. The van der Waals surface area contributed by atoms with E-state index in [1.165, 1.54) is 0 Å². The van der Waals surface area contributed by atoms with Crippen molar-refractivity contribution < 1.29 is 13.2 Å². The number of hydrogen-bond donors (Lipinski definition) is 1. The van der Waals surface area contributed by atoms with E-state index in [1.54, 1.807) is 28.6 Å². The van der Waals surface area contributed by atoms with E-state index in [-0.39, 0.29) is 11.9 Å². The smallest absolute Gasteiger partial charge is 0.251 e. The molecule has 1 unspecified atom stereocenters. The number of aryl methyl sites for hydroxylation is 2. The van der Waals surface area contributed by atoms with Crippen molar-refractivity contribution in [2.45, 2.75) is 50.5 Å². The van der Waals surface area contributed by atoms with E-state index >= 15 is 0 Å². The molecule has 3 rings (SSSR count). The van der Waals surface area contributed by atoms with Gasteiger partial charge in [-0.2, -0.15) is 4.31 Å². The fourth-order valence-corrected chi connectivity index (χ4v) is 5.31. The lowest BCUT2D eigenvalue weighted by atomic mass is 10.0. The molecule has 28 heavy (non-hydrogen) atoms. The standard InChI is InChI=1S/C22H28N2O3S/c1-17-6-10-19(11-7-17)22(25)23-15-14-20-5-3-4-16-24(20)28(26,27)21-12-8-18(2)9-13-21/h6-13,20H,3-5,14-16H2,1-2H3,(H,23,25). The Hall–Kier alpha value is -2.18. The van der Waals surface area contributed by atoms with Gasteiger partial charge in [0.2, 0.25) is 10.0 Å². The number of piperidine rings is 1. The van der Waals surface area contributed by atoms with Crippen molar-refractivity contribution in [3.8, 4) is 0 Å². The largest absolute Gasteiger partial charge is 0.352 e. The highest BCUT2D eigenvalue weighted by Gasteiger charge is 2.33. The van der Waals surface area contributed by atoms with Crippen molar-refractivity contribution in [2.75, 3.05) is 13.1 Å².